The number of carbonyl (C=O) groups is 11. The van der Waals surface area contributed by atoms with E-state index < -0.39 is 164 Å². The molecule has 426 valence electrons. The van der Waals surface area contributed by atoms with E-state index in [0.29, 0.717) is 11.1 Å². The van der Waals surface area contributed by atoms with Gasteiger partial charge in [-0.15, -0.1) is 0 Å². The number of β-amino-alcohol motifs (C(OH)–C–C–N with tert-alkyl or cyclic N) is 3. The van der Waals surface area contributed by atoms with E-state index in [-0.39, 0.29) is 57.5 Å². The first kappa shape index (κ1) is 61.3. The molecular formula is C51H71N11O16. The van der Waals surface area contributed by atoms with Gasteiger partial charge in [-0.05, 0) is 30.4 Å². The monoisotopic (exact) mass is 1090 g/mol. The third-order valence-electron chi connectivity index (χ3n) is 13.3. The fourth-order valence-electron chi connectivity index (χ4n) is 9.50. The smallest absolute Gasteiger partial charge is 0.326 e. The van der Waals surface area contributed by atoms with Crippen LogP contribution < -0.4 is 43.0 Å². The fourth-order valence-corrected chi connectivity index (χ4v) is 9.50. The van der Waals surface area contributed by atoms with Crippen LogP contribution in [0, 0.1) is 5.92 Å². The minimum atomic E-state index is -1.72. The molecule has 0 bridgehead atoms. The number of hydrogen-bond donors (Lipinski definition) is 13. The average Bonchev–Trinajstić information content (AvgIpc) is 4.12. The Kier molecular flexibility index (Phi) is 22.5. The second-order valence-electron chi connectivity index (χ2n) is 20.0. The summed E-state index contributed by atoms with van der Waals surface area (Å²) in [6.45, 7) is 1.10. The number of rotatable bonds is 25. The zero-order valence-corrected chi connectivity index (χ0v) is 43.5. The van der Waals surface area contributed by atoms with Crippen LogP contribution in [-0.4, -0.2) is 218 Å². The molecule has 3 fully saturated rings. The summed E-state index contributed by atoms with van der Waals surface area (Å²) >= 11 is 0. The van der Waals surface area contributed by atoms with Crippen molar-refractivity contribution in [3.8, 4) is 0 Å². The van der Waals surface area contributed by atoms with Gasteiger partial charge in [0.05, 0.1) is 50.6 Å². The highest BCUT2D eigenvalue weighted by molar-refractivity contribution is 5.98. The van der Waals surface area contributed by atoms with Crippen molar-refractivity contribution in [3.05, 3.63) is 71.8 Å². The lowest BCUT2D eigenvalue weighted by molar-refractivity contribution is -0.144. The van der Waals surface area contributed by atoms with Gasteiger partial charge in [0.15, 0.2) is 0 Å². The van der Waals surface area contributed by atoms with E-state index in [1.54, 1.807) is 74.5 Å². The average molecular weight is 1090 g/mol. The minimum absolute atomic E-state index is 0.0271. The van der Waals surface area contributed by atoms with Crippen molar-refractivity contribution in [2.75, 3.05) is 45.8 Å². The lowest BCUT2D eigenvalue weighted by Crippen LogP contribution is -2.59. The third-order valence-corrected chi connectivity index (χ3v) is 13.3. The number of carboxylic acid groups (broad SMARTS) is 1. The normalized spacial score (nSPS) is 21.8. The largest absolute Gasteiger partial charge is 0.480 e. The maximum atomic E-state index is 14.0. The molecule has 0 saturated carbocycles. The highest BCUT2D eigenvalue weighted by Gasteiger charge is 2.45. The number of nitrogens with one attached hydrogen (secondary N) is 7. The quantitative estimate of drug-likeness (QED) is 0.0440. The molecule has 3 aliphatic rings. The van der Waals surface area contributed by atoms with Crippen molar-refractivity contribution in [3.63, 3.8) is 0 Å². The van der Waals surface area contributed by atoms with E-state index in [1.807, 2.05) is 0 Å². The van der Waals surface area contributed by atoms with Gasteiger partial charge < -0.3 is 83.2 Å². The van der Waals surface area contributed by atoms with Crippen LogP contribution in [0.1, 0.15) is 57.6 Å². The highest BCUT2D eigenvalue weighted by atomic mass is 16.4. The van der Waals surface area contributed by atoms with Crippen LogP contribution in [0.3, 0.4) is 0 Å². The number of amides is 10. The zero-order valence-electron chi connectivity index (χ0n) is 43.5. The fraction of sp³-hybridized carbons (Fsp3) is 0.549. The molecule has 3 saturated heterocycles. The number of aliphatic hydroxyl groups excluding tert-OH is 4. The Morgan fingerprint density at radius 3 is 1.27 bits per heavy atom. The molecule has 0 radical (unpaired) electrons. The maximum absolute atomic E-state index is 14.0. The molecule has 14 N–H and O–H groups in total. The van der Waals surface area contributed by atoms with E-state index in [9.17, 15) is 78.3 Å². The summed E-state index contributed by atoms with van der Waals surface area (Å²) < 4.78 is 0. The van der Waals surface area contributed by atoms with Gasteiger partial charge >= 0.3 is 5.97 Å². The third kappa shape index (κ3) is 17.5. The first-order valence-corrected chi connectivity index (χ1v) is 25.6. The van der Waals surface area contributed by atoms with E-state index >= 15 is 0 Å². The SMILES string of the molecule is CC(C)C[C@H](NC(=O)CNC(=O)[C@@H]1CC(O)CN1C(=O)[C@@H](NC(=O)CNC(=O)[C@@H]1CC(O)CN1C(=O)[C@H](Cc1ccccc1)NC(=O)CN)[C@@H](C)O)C(=O)N1CC(O)C[C@H]1C(=O)NCC(=O)N[C@@H](Cc1ccccc1)C(=O)O. The van der Waals surface area contributed by atoms with Crippen LogP contribution in [0.25, 0.3) is 0 Å². The predicted molar refractivity (Wildman–Crippen MR) is 273 cm³/mol. The Labute approximate surface area is 449 Å². The molecule has 11 atom stereocenters. The molecule has 0 aromatic heterocycles. The molecule has 0 aliphatic carbocycles. The highest BCUT2D eigenvalue weighted by Crippen LogP contribution is 2.24. The van der Waals surface area contributed by atoms with E-state index in [2.05, 4.69) is 37.2 Å². The molecule has 3 heterocycles. The van der Waals surface area contributed by atoms with Crippen LogP contribution >= 0.6 is 0 Å². The Balaban J connectivity index is 1.14. The lowest BCUT2D eigenvalue weighted by Gasteiger charge is -2.30. The van der Waals surface area contributed by atoms with Crippen LogP contribution in [0.4, 0.5) is 0 Å². The second kappa shape index (κ2) is 28.7. The molecule has 27 heteroatoms. The van der Waals surface area contributed by atoms with Gasteiger partial charge in [0.1, 0.15) is 42.3 Å². The molecule has 2 aromatic carbocycles. The van der Waals surface area contributed by atoms with E-state index in [4.69, 9.17) is 5.73 Å². The summed E-state index contributed by atoms with van der Waals surface area (Å²) in [5, 5.41) is 68.9. The zero-order chi connectivity index (χ0) is 57.4. The number of carboxylic acids is 1. The van der Waals surface area contributed by atoms with Crippen molar-refractivity contribution in [2.24, 2.45) is 11.7 Å². The summed E-state index contributed by atoms with van der Waals surface area (Å²) in [4.78, 5) is 149. The number of benzene rings is 2. The van der Waals surface area contributed by atoms with Crippen LogP contribution in [-0.2, 0) is 65.6 Å². The first-order valence-electron chi connectivity index (χ1n) is 25.6. The van der Waals surface area contributed by atoms with Crippen molar-refractivity contribution in [1.29, 1.82) is 0 Å². The lowest BCUT2D eigenvalue weighted by atomic mass is 10.0. The molecule has 5 rings (SSSR count). The number of nitrogens with zero attached hydrogens (tertiary/aromatic N) is 3. The molecule has 78 heavy (non-hydrogen) atoms. The number of hydrogen-bond acceptors (Lipinski definition) is 16. The van der Waals surface area contributed by atoms with Crippen molar-refractivity contribution < 1.29 is 78.3 Å². The van der Waals surface area contributed by atoms with Gasteiger partial charge in [0, 0.05) is 51.7 Å². The molecule has 3 aliphatic heterocycles. The van der Waals surface area contributed by atoms with E-state index in [0.717, 1.165) is 14.7 Å². The summed E-state index contributed by atoms with van der Waals surface area (Å²) in [7, 11) is 0. The van der Waals surface area contributed by atoms with Gasteiger partial charge in [-0.1, -0.05) is 74.5 Å². The topological polar surface area (TPSA) is 409 Å². The number of nitrogens with two attached hydrogens (primary N) is 1. The molecular weight excluding hydrogens is 1020 g/mol. The first-order chi connectivity index (χ1) is 36.9. The summed E-state index contributed by atoms with van der Waals surface area (Å²) in [6.07, 6.45) is -5.81. The van der Waals surface area contributed by atoms with Crippen LogP contribution in [0.15, 0.2) is 60.7 Å². The standard InChI is InChI=1S/C51H71N11O16/c1-27(2)14-34(48(74)60-24-31(64)17-37(60)45(71)54-22-42(69)58-36(51(77)78)16-30-12-8-5-9-13-30)57-41(68)21-53-47(73)39-19-33(66)26-62(39)50(76)44(28(3)63)59-43(70)23-55-46(72)38-18-32(65)25-61(38)49(75)35(56-40(67)20-52)15-29-10-6-4-7-11-29/h4-13,27-28,31-39,44,63-66H,14-26,52H2,1-3H3,(H,53,73)(H,54,71)(H,55,72)(H,56,67)(H,57,68)(H,58,69)(H,59,70)(H,77,78)/t28-,31?,32?,33?,34+,35+,36+,37+,38+,39+,44+/m1/s1. The van der Waals surface area contributed by atoms with Gasteiger partial charge in [0.2, 0.25) is 59.1 Å². The van der Waals surface area contributed by atoms with Crippen LogP contribution in [0.5, 0.6) is 0 Å². The summed E-state index contributed by atoms with van der Waals surface area (Å²) in [6, 6.07) is 7.82. The Morgan fingerprint density at radius 2 is 0.885 bits per heavy atom. The summed E-state index contributed by atoms with van der Waals surface area (Å²) in [5.41, 5.74) is 6.82. The number of aliphatic hydroxyl groups is 4. The minimum Gasteiger partial charge on any atom is -0.480 e. The molecule has 3 unspecified atom stereocenters. The van der Waals surface area contributed by atoms with Gasteiger partial charge in [-0.3, -0.25) is 47.9 Å². The molecule has 27 nitrogen and oxygen atoms in total. The Bertz CT molecular complexity index is 2490. The van der Waals surface area contributed by atoms with Crippen molar-refractivity contribution in [2.45, 2.75) is 126 Å². The van der Waals surface area contributed by atoms with Crippen molar-refractivity contribution in [1.82, 2.24) is 51.9 Å². The Morgan fingerprint density at radius 1 is 0.526 bits per heavy atom. The summed E-state index contributed by atoms with van der Waals surface area (Å²) in [5.74, 6) is -9.87. The van der Waals surface area contributed by atoms with Crippen LogP contribution in [0.2, 0.25) is 0 Å². The van der Waals surface area contributed by atoms with E-state index in [1.165, 1.54) is 6.92 Å². The second-order valence-corrected chi connectivity index (χ2v) is 20.0. The predicted octanol–water partition coefficient (Wildman–Crippen LogP) is -5.88. The number of aliphatic carboxylic acids is 1. The molecule has 2 aromatic rings. The van der Waals surface area contributed by atoms with Crippen molar-refractivity contribution >= 4 is 65.0 Å². The van der Waals surface area contributed by atoms with Gasteiger partial charge in [-0.2, -0.15) is 0 Å². The van der Waals surface area contributed by atoms with Gasteiger partial charge in [-0.25, -0.2) is 4.79 Å². The Hall–Kier alpha value is -7.59. The number of carbonyl (C=O) groups excluding carboxylic acids is 10. The number of likely N-dealkylation sites (tertiary alicyclic amines) is 3. The molecule has 10 amide bonds. The van der Waals surface area contributed by atoms with Gasteiger partial charge in [0.25, 0.3) is 0 Å². The maximum Gasteiger partial charge on any atom is 0.326 e. The molecule has 0 spiro atoms.